The molecule has 4 aromatic heterocycles. The molecule has 1 N–H and O–H groups in total. The van der Waals surface area contributed by atoms with E-state index in [0.717, 1.165) is 58.2 Å². The van der Waals surface area contributed by atoms with Gasteiger partial charge in [0.05, 0.1) is 5.39 Å². The maximum absolute atomic E-state index is 6.24. The number of aromatic nitrogens is 5. The molecule has 2 bridgehead atoms. The summed E-state index contributed by atoms with van der Waals surface area (Å²) in [5.74, 6) is 6.20. The summed E-state index contributed by atoms with van der Waals surface area (Å²) in [6.07, 6.45) is 8.94. The van der Waals surface area contributed by atoms with Crippen molar-refractivity contribution >= 4 is 22.6 Å². The molecule has 34 heavy (non-hydrogen) atoms. The molecule has 0 saturated heterocycles. The number of rotatable bonds is 5. The van der Waals surface area contributed by atoms with Gasteiger partial charge in [0, 0.05) is 11.6 Å². The van der Waals surface area contributed by atoms with Crippen LogP contribution in [-0.2, 0) is 6.42 Å². The number of fused-ring (bicyclic) bond motifs is 4. The first-order chi connectivity index (χ1) is 16.6. The molecule has 0 aromatic carbocycles. The van der Waals surface area contributed by atoms with E-state index in [9.17, 15) is 0 Å². The summed E-state index contributed by atoms with van der Waals surface area (Å²) in [6, 6.07) is 10.0. The summed E-state index contributed by atoms with van der Waals surface area (Å²) in [6.45, 7) is 2.45. The second-order valence-corrected chi connectivity index (χ2v) is 10.9. The molecule has 0 radical (unpaired) electrons. The number of furan rings is 1. The van der Waals surface area contributed by atoms with E-state index >= 15 is 0 Å². The molecular weight excluding hydrogens is 446 g/mol. The third kappa shape index (κ3) is 3.54. The predicted octanol–water partition coefficient (Wildman–Crippen LogP) is 6.82. The number of halogens is 1. The highest BCUT2D eigenvalue weighted by Crippen LogP contribution is 2.50. The maximum atomic E-state index is 6.24. The molecule has 4 aromatic rings. The molecule has 2 atom stereocenters. The minimum absolute atomic E-state index is 0.422. The lowest BCUT2D eigenvalue weighted by Gasteiger charge is -2.47. The van der Waals surface area contributed by atoms with Gasteiger partial charge in [-0.25, -0.2) is 15.0 Å². The van der Waals surface area contributed by atoms with Gasteiger partial charge in [-0.3, -0.25) is 5.10 Å². The van der Waals surface area contributed by atoms with Crippen molar-refractivity contribution in [2.24, 2.45) is 23.7 Å². The lowest BCUT2D eigenvalue weighted by Crippen LogP contribution is -2.39. The van der Waals surface area contributed by atoms with Gasteiger partial charge < -0.3 is 4.42 Å². The molecule has 0 aliphatic heterocycles. The van der Waals surface area contributed by atoms with Gasteiger partial charge >= 0.3 is 0 Å². The number of nitrogens with zero attached hydrogens (tertiary/aromatic N) is 4. The van der Waals surface area contributed by atoms with Gasteiger partial charge in [0.2, 0.25) is 0 Å². The van der Waals surface area contributed by atoms with Gasteiger partial charge in [-0.1, -0.05) is 18.5 Å². The van der Waals surface area contributed by atoms with Crippen LogP contribution in [0.5, 0.6) is 0 Å². The number of hydrogen-bond acceptors (Lipinski definition) is 5. The van der Waals surface area contributed by atoms with Crippen LogP contribution in [0.1, 0.15) is 62.8 Å². The Kier molecular flexibility index (Phi) is 4.80. The van der Waals surface area contributed by atoms with Gasteiger partial charge in [-0.15, -0.1) is 0 Å². The molecule has 4 aliphatic rings. The van der Waals surface area contributed by atoms with Crippen LogP contribution in [0, 0.1) is 23.7 Å². The summed E-state index contributed by atoms with van der Waals surface area (Å²) in [4.78, 5) is 14.3. The van der Waals surface area contributed by atoms with E-state index in [0.29, 0.717) is 28.5 Å². The minimum Gasteiger partial charge on any atom is -0.459 e. The van der Waals surface area contributed by atoms with Crippen molar-refractivity contribution in [3.05, 3.63) is 46.9 Å². The highest BCUT2D eigenvalue weighted by molar-refractivity contribution is 6.29. The summed E-state index contributed by atoms with van der Waals surface area (Å²) >= 11 is 6.08. The van der Waals surface area contributed by atoms with E-state index in [1.54, 1.807) is 6.07 Å². The molecule has 4 fully saturated rings. The van der Waals surface area contributed by atoms with Gasteiger partial charge in [0.15, 0.2) is 17.2 Å². The molecule has 4 saturated carbocycles. The third-order valence-corrected chi connectivity index (χ3v) is 8.74. The topological polar surface area (TPSA) is 80.5 Å². The zero-order valence-electron chi connectivity index (χ0n) is 19.3. The van der Waals surface area contributed by atoms with E-state index in [1.165, 1.54) is 38.5 Å². The van der Waals surface area contributed by atoms with Crippen LogP contribution >= 0.6 is 11.6 Å². The van der Waals surface area contributed by atoms with Gasteiger partial charge in [0.25, 0.3) is 0 Å². The predicted molar refractivity (Wildman–Crippen MR) is 131 cm³/mol. The normalized spacial score (nSPS) is 26.4. The summed E-state index contributed by atoms with van der Waals surface area (Å²) < 4.78 is 6.24. The van der Waals surface area contributed by atoms with Crippen molar-refractivity contribution in [1.29, 1.82) is 0 Å². The highest BCUT2D eigenvalue weighted by Gasteiger charge is 2.41. The summed E-state index contributed by atoms with van der Waals surface area (Å²) in [7, 11) is 0. The smallest absolute Gasteiger partial charge is 0.183 e. The Morgan fingerprint density at radius 1 is 0.971 bits per heavy atom. The fourth-order valence-electron chi connectivity index (χ4n) is 6.43. The molecule has 0 spiro atoms. The molecule has 8 rings (SSSR count). The molecule has 0 amide bonds. The van der Waals surface area contributed by atoms with E-state index in [4.69, 9.17) is 26.0 Å². The first kappa shape index (κ1) is 20.6. The Labute approximate surface area is 203 Å². The quantitative estimate of drug-likeness (QED) is 0.321. The minimum atomic E-state index is 0.422. The van der Waals surface area contributed by atoms with Crippen LogP contribution in [0.2, 0.25) is 5.15 Å². The maximum Gasteiger partial charge on any atom is 0.183 e. The van der Waals surface area contributed by atoms with Crippen LogP contribution in [0.3, 0.4) is 0 Å². The van der Waals surface area contributed by atoms with Crippen molar-refractivity contribution in [2.45, 2.75) is 57.8 Å². The van der Waals surface area contributed by atoms with Crippen LogP contribution < -0.4 is 0 Å². The second kappa shape index (κ2) is 7.91. The Hall–Kier alpha value is -2.73. The van der Waals surface area contributed by atoms with Crippen molar-refractivity contribution in [2.75, 3.05) is 0 Å². The number of aromatic amines is 1. The zero-order valence-corrected chi connectivity index (χ0v) is 20.1. The van der Waals surface area contributed by atoms with Crippen molar-refractivity contribution in [3.63, 3.8) is 0 Å². The lowest BCUT2D eigenvalue weighted by atomic mass is 9.58. The SMILES string of the molecule is CC1C2CCC(CC2)C1Cc1cc(-c2ccc(C3CC3)o2)nc(-c2[nH]nc3nc(Cl)ccc23)n1. The average molecular weight is 474 g/mol. The van der Waals surface area contributed by atoms with E-state index in [-0.39, 0.29) is 0 Å². The van der Waals surface area contributed by atoms with Crippen molar-refractivity contribution in [3.8, 4) is 23.0 Å². The first-order valence-electron chi connectivity index (χ1n) is 12.6. The number of H-pyrrole nitrogens is 1. The fourth-order valence-corrected chi connectivity index (χ4v) is 6.58. The van der Waals surface area contributed by atoms with E-state index < -0.39 is 0 Å². The third-order valence-electron chi connectivity index (χ3n) is 8.53. The molecule has 2 unspecified atom stereocenters. The number of hydrogen-bond donors (Lipinski definition) is 1. The number of nitrogens with one attached hydrogen (secondary N) is 1. The second-order valence-electron chi connectivity index (χ2n) is 10.6. The molecule has 4 heterocycles. The van der Waals surface area contributed by atoms with Crippen LogP contribution in [0.15, 0.2) is 34.7 Å². The zero-order chi connectivity index (χ0) is 22.8. The highest BCUT2D eigenvalue weighted by atomic mass is 35.5. The largest absolute Gasteiger partial charge is 0.459 e. The van der Waals surface area contributed by atoms with E-state index in [1.807, 2.05) is 6.07 Å². The Morgan fingerprint density at radius 2 is 1.79 bits per heavy atom. The Balaban J connectivity index is 1.31. The summed E-state index contributed by atoms with van der Waals surface area (Å²) in [5, 5.41) is 8.76. The standard InChI is InChI=1S/C27H28ClN5O/c1-14-15-2-4-16(5-3-15)20(14)12-18-13-21(23-10-9-22(34-23)17-6-7-17)30-27(29-18)25-19-8-11-24(28)31-26(19)33-32-25/h8-11,13-17,20H,2-7,12H2,1H3,(H,31,32,33). The van der Waals surface area contributed by atoms with Crippen LogP contribution in [-0.4, -0.2) is 25.1 Å². The molecule has 7 heteroatoms. The molecule has 174 valence electrons. The number of pyridine rings is 1. The fraction of sp³-hybridized carbons (Fsp3) is 0.481. The van der Waals surface area contributed by atoms with Crippen molar-refractivity contribution in [1.82, 2.24) is 25.1 Å². The molecular formula is C27H28ClN5O. The van der Waals surface area contributed by atoms with Crippen LogP contribution in [0.4, 0.5) is 0 Å². The van der Waals surface area contributed by atoms with Crippen LogP contribution in [0.25, 0.3) is 34.0 Å². The molecule has 4 aliphatic carbocycles. The van der Waals surface area contributed by atoms with E-state index in [2.05, 4.69) is 40.3 Å². The van der Waals surface area contributed by atoms with Gasteiger partial charge in [-0.05, 0) is 98.9 Å². The molecule has 6 nitrogen and oxygen atoms in total. The van der Waals surface area contributed by atoms with Gasteiger partial charge in [-0.2, -0.15) is 5.10 Å². The lowest BCUT2D eigenvalue weighted by molar-refractivity contribution is 0.0339. The summed E-state index contributed by atoms with van der Waals surface area (Å²) in [5.41, 5.74) is 3.27. The first-order valence-corrected chi connectivity index (χ1v) is 13.0. The van der Waals surface area contributed by atoms with Gasteiger partial charge in [0.1, 0.15) is 22.3 Å². The Bertz CT molecular complexity index is 1360. The Morgan fingerprint density at radius 3 is 2.59 bits per heavy atom. The van der Waals surface area contributed by atoms with Crippen molar-refractivity contribution < 1.29 is 4.42 Å². The average Bonchev–Trinajstić information content (AvgIpc) is 3.43. The monoisotopic (exact) mass is 473 g/mol.